The number of hydrogen-bond acceptors (Lipinski definition) is 5. The highest BCUT2D eigenvalue weighted by atomic mass is 79.9. The van der Waals surface area contributed by atoms with Crippen molar-refractivity contribution in [1.82, 2.24) is 9.97 Å². The van der Waals surface area contributed by atoms with Crippen LogP contribution in [0.5, 0.6) is 0 Å². The van der Waals surface area contributed by atoms with Gasteiger partial charge in [0, 0.05) is 0 Å². The molecule has 1 aromatic carbocycles. The standard InChI is InChI=1S/C13H15BrN4O/c14-11-12(15)16-8-17-13(11)18-10(7-19)6-9-4-2-1-3-5-9/h1-5,8,10,19H,6-7H2,(H3,15,16,17,18). The van der Waals surface area contributed by atoms with E-state index in [9.17, 15) is 5.11 Å². The average molecular weight is 323 g/mol. The molecule has 0 radical (unpaired) electrons. The molecule has 0 aliphatic carbocycles. The second-order valence-corrected chi connectivity index (χ2v) is 4.93. The molecule has 0 saturated heterocycles. The molecular weight excluding hydrogens is 308 g/mol. The van der Waals surface area contributed by atoms with Crippen LogP contribution < -0.4 is 11.1 Å². The predicted octanol–water partition coefficient (Wildman–Crippen LogP) is 1.84. The molecule has 0 aliphatic heterocycles. The van der Waals surface area contributed by atoms with Crippen LogP contribution in [0.4, 0.5) is 11.6 Å². The Balaban J connectivity index is 2.09. The van der Waals surface area contributed by atoms with E-state index in [1.54, 1.807) is 0 Å². The molecule has 1 atom stereocenters. The molecular formula is C13H15BrN4O. The van der Waals surface area contributed by atoms with Crippen LogP contribution in [0, 0.1) is 0 Å². The van der Waals surface area contributed by atoms with Crippen molar-refractivity contribution in [1.29, 1.82) is 0 Å². The number of aliphatic hydroxyl groups excluding tert-OH is 1. The van der Waals surface area contributed by atoms with Gasteiger partial charge in [0.05, 0.1) is 12.6 Å². The van der Waals surface area contributed by atoms with Crippen molar-refractivity contribution in [2.24, 2.45) is 0 Å². The van der Waals surface area contributed by atoms with Gasteiger partial charge in [-0.3, -0.25) is 0 Å². The van der Waals surface area contributed by atoms with Gasteiger partial charge in [0.2, 0.25) is 0 Å². The minimum absolute atomic E-state index is 0.00520. The van der Waals surface area contributed by atoms with Crippen LogP contribution in [0.1, 0.15) is 5.56 Å². The summed E-state index contributed by atoms with van der Waals surface area (Å²) in [6.45, 7) is 0.00520. The first-order chi connectivity index (χ1) is 9.20. The number of aliphatic hydroxyl groups is 1. The topological polar surface area (TPSA) is 84.1 Å². The van der Waals surface area contributed by atoms with E-state index in [2.05, 4.69) is 31.2 Å². The maximum Gasteiger partial charge on any atom is 0.146 e. The highest BCUT2D eigenvalue weighted by Gasteiger charge is 2.12. The van der Waals surface area contributed by atoms with E-state index < -0.39 is 0 Å². The summed E-state index contributed by atoms with van der Waals surface area (Å²) in [5.74, 6) is 0.955. The summed E-state index contributed by atoms with van der Waals surface area (Å²) in [5, 5.41) is 12.6. The zero-order chi connectivity index (χ0) is 13.7. The molecule has 0 saturated carbocycles. The Kier molecular flexibility index (Phi) is 4.70. The van der Waals surface area contributed by atoms with E-state index in [0.29, 0.717) is 22.5 Å². The summed E-state index contributed by atoms with van der Waals surface area (Å²) in [7, 11) is 0. The Labute approximate surface area is 120 Å². The zero-order valence-corrected chi connectivity index (χ0v) is 11.8. The lowest BCUT2D eigenvalue weighted by molar-refractivity contribution is 0.273. The summed E-state index contributed by atoms with van der Waals surface area (Å²) >= 11 is 3.33. The Morgan fingerprint density at radius 3 is 2.68 bits per heavy atom. The monoisotopic (exact) mass is 322 g/mol. The smallest absolute Gasteiger partial charge is 0.146 e. The van der Waals surface area contributed by atoms with Crippen LogP contribution in [0.2, 0.25) is 0 Å². The predicted molar refractivity (Wildman–Crippen MR) is 78.8 cm³/mol. The van der Waals surface area contributed by atoms with Crippen LogP contribution >= 0.6 is 15.9 Å². The van der Waals surface area contributed by atoms with Crippen LogP contribution in [-0.2, 0) is 6.42 Å². The molecule has 6 heteroatoms. The quantitative estimate of drug-likeness (QED) is 0.782. The van der Waals surface area contributed by atoms with Gasteiger partial charge >= 0.3 is 0 Å². The number of nitrogens with zero attached hydrogens (tertiary/aromatic N) is 2. The van der Waals surface area contributed by atoms with E-state index in [1.807, 2.05) is 30.3 Å². The maximum absolute atomic E-state index is 9.46. The average Bonchev–Trinajstić information content (AvgIpc) is 2.44. The van der Waals surface area contributed by atoms with Crippen molar-refractivity contribution in [2.45, 2.75) is 12.5 Å². The van der Waals surface area contributed by atoms with Gasteiger partial charge in [-0.15, -0.1) is 0 Å². The van der Waals surface area contributed by atoms with Crippen LogP contribution in [0.3, 0.4) is 0 Å². The van der Waals surface area contributed by atoms with Crippen molar-refractivity contribution in [3.63, 3.8) is 0 Å². The lowest BCUT2D eigenvalue weighted by atomic mass is 10.1. The van der Waals surface area contributed by atoms with E-state index in [4.69, 9.17) is 5.73 Å². The molecule has 0 bridgehead atoms. The van der Waals surface area contributed by atoms with E-state index in [0.717, 1.165) is 5.56 Å². The number of anilines is 2. The molecule has 2 aromatic rings. The van der Waals surface area contributed by atoms with Gasteiger partial charge in [0.1, 0.15) is 22.4 Å². The minimum Gasteiger partial charge on any atom is -0.394 e. The molecule has 0 amide bonds. The third kappa shape index (κ3) is 3.65. The fraction of sp³-hybridized carbons (Fsp3) is 0.231. The largest absolute Gasteiger partial charge is 0.394 e. The van der Waals surface area contributed by atoms with Crippen molar-refractivity contribution in [3.05, 3.63) is 46.7 Å². The van der Waals surface area contributed by atoms with E-state index in [1.165, 1.54) is 6.33 Å². The molecule has 1 heterocycles. The van der Waals surface area contributed by atoms with Crippen LogP contribution in [0.15, 0.2) is 41.1 Å². The van der Waals surface area contributed by atoms with Gasteiger partial charge < -0.3 is 16.2 Å². The fourth-order valence-electron chi connectivity index (χ4n) is 1.74. The summed E-state index contributed by atoms with van der Waals surface area (Å²) in [5.41, 5.74) is 6.84. The fourth-order valence-corrected chi connectivity index (χ4v) is 2.06. The first-order valence-electron chi connectivity index (χ1n) is 5.88. The number of nitrogens with one attached hydrogen (secondary N) is 1. The lowest BCUT2D eigenvalue weighted by Gasteiger charge is -2.18. The molecule has 1 unspecified atom stereocenters. The van der Waals surface area contributed by atoms with Gasteiger partial charge in [0.25, 0.3) is 0 Å². The third-order valence-corrected chi connectivity index (χ3v) is 3.48. The van der Waals surface area contributed by atoms with Crippen molar-refractivity contribution in [2.75, 3.05) is 17.7 Å². The molecule has 0 spiro atoms. The van der Waals surface area contributed by atoms with Crippen LogP contribution in [-0.4, -0.2) is 27.7 Å². The summed E-state index contributed by atoms with van der Waals surface area (Å²) in [6, 6.07) is 9.83. The van der Waals surface area contributed by atoms with Gasteiger partial charge in [-0.2, -0.15) is 0 Å². The second-order valence-electron chi connectivity index (χ2n) is 4.14. The first kappa shape index (κ1) is 13.8. The van der Waals surface area contributed by atoms with E-state index in [-0.39, 0.29) is 12.6 Å². The first-order valence-corrected chi connectivity index (χ1v) is 6.67. The van der Waals surface area contributed by atoms with Crippen molar-refractivity contribution < 1.29 is 5.11 Å². The molecule has 0 aliphatic rings. The number of nitrogen functional groups attached to an aromatic ring is 1. The van der Waals surface area contributed by atoms with Gasteiger partial charge in [0.15, 0.2) is 0 Å². The van der Waals surface area contributed by atoms with E-state index >= 15 is 0 Å². The van der Waals surface area contributed by atoms with Gasteiger partial charge in [-0.05, 0) is 27.9 Å². The highest BCUT2D eigenvalue weighted by molar-refractivity contribution is 9.10. The lowest BCUT2D eigenvalue weighted by Crippen LogP contribution is -2.27. The molecule has 4 N–H and O–H groups in total. The molecule has 1 aromatic heterocycles. The minimum atomic E-state index is -0.131. The van der Waals surface area contributed by atoms with Crippen molar-refractivity contribution >= 4 is 27.6 Å². The summed E-state index contributed by atoms with van der Waals surface area (Å²) in [6.07, 6.45) is 2.09. The number of rotatable bonds is 5. The molecule has 5 nitrogen and oxygen atoms in total. The molecule has 2 rings (SSSR count). The SMILES string of the molecule is Nc1ncnc(NC(CO)Cc2ccccc2)c1Br. The number of hydrogen-bond donors (Lipinski definition) is 3. The highest BCUT2D eigenvalue weighted by Crippen LogP contribution is 2.24. The van der Waals surface area contributed by atoms with Gasteiger partial charge in [-0.25, -0.2) is 9.97 Å². The summed E-state index contributed by atoms with van der Waals surface area (Å²) < 4.78 is 0.613. The molecule has 0 fully saturated rings. The maximum atomic E-state index is 9.46. The number of halogens is 1. The van der Waals surface area contributed by atoms with Crippen LogP contribution in [0.25, 0.3) is 0 Å². The second kappa shape index (κ2) is 6.49. The zero-order valence-electron chi connectivity index (χ0n) is 10.3. The number of benzene rings is 1. The Bertz CT molecular complexity index is 535. The number of aromatic nitrogens is 2. The normalized spacial score (nSPS) is 12.1. The Morgan fingerprint density at radius 2 is 2.00 bits per heavy atom. The van der Waals surface area contributed by atoms with Gasteiger partial charge in [-0.1, -0.05) is 30.3 Å². The Morgan fingerprint density at radius 1 is 1.26 bits per heavy atom. The van der Waals surface area contributed by atoms with Crippen molar-refractivity contribution in [3.8, 4) is 0 Å². The molecule has 100 valence electrons. The Hall–Kier alpha value is -1.66. The third-order valence-electron chi connectivity index (χ3n) is 2.70. The summed E-state index contributed by atoms with van der Waals surface area (Å²) in [4.78, 5) is 7.98. The molecule has 19 heavy (non-hydrogen) atoms. The number of nitrogens with two attached hydrogens (primary N) is 1.